The van der Waals surface area contributed by atoms with Crippen LogP contribution in [0.2, 0.25) is 5.02 Å². The molecule has 1 aromatic heterocycles. The zero-order valence-corrected chi connectivity index (χ0v) is 11.8. The number of hydrogen-bond acceptors (Lipinski definition) is 4. The number of benzene rings is 1. The topological polar surface area (TPSA) is 64.7 Å². The van der Waals surface area contributed by atoms with Crippen LogP contribution in [-0.4, -0.2) is 24.3 Å². The predicted octanol–water partition coefficient (Wildman–Crippen LogP) is 1.85. The molecule has 2 aromatic rings. The summed E-state index contributed by atoms with van der Waals surface area (Å²) in [6, 6.07) is 5.07. The predicted molar refractivity (Wildman–Crippen MR) is 73.9 cm³/mol. The Labute approximate surface area is 120 Å². The smallest absolute Gasteiger partial charge is 0.415 e. The second kappa shape index (κ2) is 5.94. The van der Waals surface area contributed by atoms with Gasteiger partial charge in [-0.1, -0.05) is 17.7 Å². The van der Waals surface area contributed by atoms with Gasteiger partial charge in [-0.3, -0.25) is 4.79 Å². The maximum atomic E-state index is 12.2. The number of hydrogen-bond donors (Lipinski definition) is 0. The molecule has 1 amide bonds. The van der Waals surface area contributed by atoms with Gasteiger partial charge in [0.05, 0.1) is 11.9 Å². The van der Waals surface area contributed by atoms with Crippen molar-refractivity contribution in [3.8, 4) is 0 Å². The van der Waals surface area contributed by atoms with Crippen LogP contribution in [0.1, 0.15) is 5.56 Å². The van der Waals surface area contributed by atoms with E-state index >= 15 is 0 Å². The molecule has 0 atom stereocenters. The maximum Gasteiger partial charge on any atom is 0.438 e. The number of rotatable bonds is 4. The molecular weight excluding hydrogens is 284 g/mol. The lowest BCUT2D eigenvalue weighted by molar-refractivity contribution is -0.122. The van der Waals surface area contributed by atoms with Crippen molar-refractivity contribution in [1.29, 1.82) is 0 Å². The molecule has 0 N–H and O–H groups in total. The molecule has 0 bridgehead atoms. The van der Waals surface area contributed by atoms with Crippen molar-refractivity contribution >= 4 is 23.2 Å². The van der Waals surface area contributed by atoms with Gasteiger partial charge in [0.1, 0.15) is 12.9 Å². The first kappa shape index (κ1) is 14.4. The third-order valence-electron chi connectivity index (χ3n) is 2.68. The van der Waals surface area contributed by atoms with Crippen LogP contribution in [0, 0.1) is 6.92 Å². The number of halogens is 1. The molecule has 0 unspecified atom stereocenters. The first-order chi connectivity index (χ1) is 9.54. The molecule has 0 aliphatic heterocycles. The van der Waals surface area contributed by atoms with Gasteiger partial charge in [-0.25, -0.2) is 9.80 Å². The number of aryl methyl sites for hydroxylation is 1. The van der Waals surface area contributed by atoms with Crippen LogP contribution in [0.15, 0.2) is 39.9 Å². The molecule has 0 aliphatic rings. The fourth-order valence-electron chi connectivity index (χ4n) is 1.78. The van der Waals surface area contributed by atoms with Gasteiger partial charge in [0, 0.05) is 12.1 Å². The Bertz CT molecular complexity index is 677. The number of carbonyl (C=O) groups is 1. The number of methoxy groups -OCH3 is 1. The van der Waals surface area contributed by atoms with Gasteiger partial charge in [-0.15, -0.1) is 0 Å². The molecule has 1 heterocycles. The van der Waals surface area contributed by atoms with E-state index in [4.69, 9.17) is 20.8 Å². The number of nitrogens with zero attached hydrogens (tertiary/aromatic N) is 2. The van der Waals surface area contributed by atoms with Gasteiger partial charge in [0.25, 0.3) is 5.91 Å². The summed E-state index contributed by atoms with van der Waals surface area (Å²) in [5.41, 5.74) is 1.27. The van der Waals surface area contributed by atoms with Crippen molar-refractivity contribution in [3.63, 3.8) is 0 Å². The number of anilines is 1. The molecule has 2 rings (SSSR count). The van der Waals surface area contributed by atoms with Crippen LogP contribution in [-0.2, 0) is 9.53 Å². The summed E-state index contributed by atoms with van der Waals surface area (Å²) in [5, 5.41) is 1.63. The van der Waals surface area contributed by atoms with Gasteiger partial charge in [0.15, 0.2) is 0 Å². The second-order valence-electron chi connectivity index (χ2n) is 4.08. The van der Waals surface area contributed by atoms with E-state index in [2.05, 4.69) is 0 Å². The minimum atomic E-state index is -0.672. The Balaban J connectivity index is 2.57. The molecular formula is C13H13ClN2O4. The number of carbonyl (C=O) groups excluding carboxylic acids is 1. The minimum Gasteiger partial charge on any atom is -0.415 e. The first-order valence-corrected chi connectivity index (χ1v) is 6.17. The lowest BCUT2D eigenvalue weighted by atomic mass is 10.2. The molecule has 0 fully saturated rings. The van der Waals surface area contributed by atoms with E-state index in [1.54, 1.807) is 18.2 Å². The Morgan fingerprint density at radius 2 is 2.25 bits per heavy atom. The summed E-state index contributed by atoms with van der Waals surface area (Å²) in [6.45, 7) is 1.63. The van der Waals surface area contributed by atoms with E-state index in [1.165, 1.54) is 24.6 Å². The first-order valence-electron chi connectivity index (χ1n) is 5.79. The lowest BCUT2D eigenvalue weighted by Gasteiger charge is -2.23. The number of oxazole rings is 1. The van der Waals surface area contributed by atoms with E-state index in [0.717, 1.165) is 10.2 Å². The standard InChI is InChI=1S/C13H13ClN2O4/c1-9-3-4-10(14)7-11(9)16(12(17)8-19-2)15-5-6-20-13(15)18/h3-7H,8H2,1-2H3. The fourth-order valence-corrected chi connectivity index (χ4v) is 1.94. The number of aromatic nitrogens is 1. The van der Waals surface area contributed by atoms with E-state index in [0.29, 0.717) is 10.7 Å². The van der Waals surface area contributed by atoms with Gasteiger partial charge in [-0.2, -0.15) is 4.68 Å². The van der Waals surface area contributed by atoms with Crippen LogP contribution in [0.4, 0.5) is 5.69 Å². The molecule has 0 radical (unpaired) electrons. The van der Waals surface area contributed by atoms with Crippen molar-refractivity contribution in [2.45, 2.75) is 6.92 Å². The second-order valence-corrected chi connectivity index (χ2v) is 4.52. The highest BCUT2D eigenvalue weighted by Gasteiger charge is 2.22. The molecule has 1 aromatic carbocycles. The number of amides is 1. The number of ether oxygens (including phenoxy) is 1. The van der Waals surface area contributed by atoms with E-state index in [1.807, 2.05) is 6.92 Å². The van der Waals surface area contributed by atoms with Gasteiger partial charge in [-0.05, 0) is 24.6 Å². The fraction of sp³-hybridized carbons (Fsp3) is 0.231. The third-order valence-corrected chi connectivity index (χ3v) is 2.91. The van der Waals surface area contributed by atoms with E-state index in [9.17, 15) is 9.59 Å². The normalized spacial score (nSPS) is 10.6. The molecule has 20 heavy (non-hydrogen) atoms. The SMILES string of the molecule is COCC(=O)N(c1cc(Cl)ccc1C)n1ccoc1=O. The van der Waals surface area contributed by atoms with Crippen LogP contribution in [0.3, 0.4) is 0 Å². The van der Waals surface area contributed by atoms with E-state index < -0.39 is 11.7 Å². The maximum absolute atomic E-state index is 12.2. The Kier molecular flexibility index (Phi) is 4.26. The van der Waals surface area contributed by atoms with Crippen molar-refractivity contribution in [1.82, 2.24) is 4.68 Å². The summed E-state index contributed by atoms with van der Waals surface area (Å²) in [5.74, 6) is -1.09. The highest BCUT2D eigenvalue weighted by atomic mass is 35.5. The highest BCUT2D eigenvalue weighted by molar-refractivity contribution is 6.31. The Morgan fingerprint density at radius 3 is 2.85 bits per heavy atom. The average Bonchev–Trinajstić information content (AvgIpc) is 2.81. The molecule has 0 spiro atoms. The van der Waals surface area contributed by atoms with E-state index in [-0.39, 0.29) is 6.61 Å². The summed E-state index contributed by atoms with van der Waals surface area (Å²) in [4.78, 5) is 23.9. The Hall–Kier alpha value is -2.05. The van der Waals surface area contributed by atoms with Crippen LogP contribution >= 0.6 is 11.6 Å². The molecule has 106 valence electrons. The van der Waals surface area contributed by atoms with Crippen molar-refractivity contribution in [2.75, 3.05) is 18.7 Å². The summed E-state index contributed by atoms with van der Waals surface area (Å²) >= 11 is 5.96. The monoisotopic (exact) mass is 296 g/mol. The van der Waals surface area contributed by atoms with Crippen molar-refractivity contribution in [2.24, 2.45) is 0 Å². The molecule has 0 aliphatic carbocycles. The summed E-state index contributed by atoms with van der Waals surface area (Å²) in [7, 11) is 1.40. The summed E-state index contributed by atoms with van der Waals surface area (Å²) < 4.78 is 10.6. The lowest BCUT2D eigenvalue weighted by Crippen LogP contribution is -2.43. The largest absolute Gasteiger partial charge is 0.438 e. The Morgan fingerprint density at radius 1 is 1.50 bits per heavy atom. The quantitative estimate of drug-likeness (QED) is 0.863. The zero-order valence-electron chi connectivity index (χ0n) is 11.0. The van der Waals surface area contributed by atoms with Crippen LogP contribution in [0.25, 0.3) is 0 Å². The third kappa shape index (κ3) is 2.76. The average molecular weight is 297 g/mol. The summed E-state index contributed by atoms with van der Waals surface area (Å²) in [6.07, 6.45) is 2.56. The molecule has 0 saturated heterocycles. The van der Waals surface area contributed by atoms with Crippen molar-refractivity contribution in [3.05, 3.63) is 51.8 Å². The molecule has 6 nitrogen and oxygen atoms in total. The molecule has 0 saturated carbocycles. The van der Waals surface area contributed by atoms with Gasteiger partial charge in [0.2, 0.25) is 0 Å². The zero-order chi connectivity index (χ0) is 14.7. The highest BCUT2D eigenvalue weighted by Crippen LogP contribution is 2.24. The minimum absolute atomic E-state index is 0.177. The van der Waals surface area contributed by atoms with Crippen LogP contribution < -0.4 is 10.8 Å². The van der Waals surface area contributed by atoms with Crippen LogP contribution in [0.5, 0.6) is 0 Å². The van der Waals surface area contributed by atoms with Crippen molar-refractivity contribution < 1.29 is 13.9 Å². The van der Waals surface area contributed by atoms with Gasteiger partial charge < -0.3 is 9.15 Å². The molecule has 7 heteroatoms. The van der Waals surface area contributed by atoms with Gasteiger partial charge >= 0.3 is 5.76 Å².